The van der Waals surface area contributed by atoms with Crippen LogP contribution in [-0.2, 0) is 0 Å². The van der Waals surface area contributed by atoms with Crippen molar-refractivity contribution in [3.63, 3.8) is 0 Å². The van der Waals surface area contributed by atoms with E-state index in [2.05, 4.69) is 63.9 Å². The molecule has 1 aromatic rings. The molecule has 0 bridgehead atoms. The number of nitrogens with zero attached hydrogens (tertiary/aromatic N) is 3. The second kappa shape index (κ2) is 6.18. The summed E-state index contributed by atoms with van der Waals surface area (Å²) in [7, 11) is 2.21. The van der Waals surface area contributed by atoms with E-state index in [4.69, 9.17) is 0 Å². The molecule has 2 rings (SSSR count). The number of hydrogen-bond acceptors (Lipinski definition) is 4. The Labute approximate surface area is 124 Å². The van der Waals surface area contributed by atoms with Crippen LogP contribution in [-0.4, -0.2) is 40.5 Å². The van der Waals surface area contributed by atoms with Gasteiger partial charge in [-0.2, -0.15) is 0 Å². The number of aromatic nitrogens is 2. The first-order valence-electron chi connectivity index (χ1n) is 6.97. The van der Waals surface area contributed by atoms with Gasteiger partial charge in [0, 0.05) is 30.6 Å². The van der Waals surface area contributed by atoms with Crippen molar-refractivity contribution in [2.45, 2.75) is 51.6 Å². The van der Waals surface area contributed by atoms with Crippen molar-refractivity contribution >= 4 is 21.7 Å². The first kappa shape index (κ1) is 14.7. The number of nitrogens with one attached hydrogen (secondary N) is 1. The van der Waals surface area contributed by atoms with Crippen LogP contribution in [0.4, 0.5) is 5.82 Å². The van der Waals surface area contributed by atoms with Crippen LogP contribution in [0.2, 0.25) is 0 Å². The molecule has 1 atom stereocenters. The maximum atomic E-state index is 4.55. The molecule has 1 aromatic heterocycles. The van der Waals surface area contributed by atoms with Crippen molar-refractivity contribution in [3.8, 4) is 0 Å². The van der Waals surface area contributed by atoms with Gasteiger partial charge in [-0.1, -0.05) is 13.8 Å². The van der Waals surface area contributed by atoms with Crippen LogP contribution in [0, 0.1) is 0 Å². The highest BCUT2D eigenvalue weighted by Crippen LogP contribution is 2.27. The first-order chi connectivity index (χ1) is 8.97. The van der Waals surface area contributed by atoms with Crippen molar-refractivity contribution in [3.05, 3.63) is 16.5 Å². The third-order valence-corrected chi connectivity index (χ3v) is 4.03. The minimum atomic E-state index is 0.338. The van der Waals surface area contributed by atoms with Gasteiger partial charge in [-0.3, -0.25) is 4.90 Å². The van der Waals surface area contributed by atoms with Gasteiger partial charge < -0.3 is 5.32 Å². The Morgan fingerprint density at radius 3 is 2.63 bits per heavy atom. The van der Waals surface area contributed by atoms with E-state index in [0.717, 1.165) is 28.8 Å². The summed E-state index contributed by atoms with van der Waals surface area (Å²) in [6, 6.07) is 3.25. The van der Waals surface area contributed by atoms with Gasteiger partial charge in [-0.05, 0) is 42.7 Å². The molecule has 0 aliphatic heterocycles. The molecule has 1 heterocycles. The highest BCUT2D eigenvalue weighted by molar-refractivity contribution is 9.10. The van der Waals surface area contributed by atoms with Crippen molar-refractivity contribution in [1.29, 1.82) is 0 Å². The van der Waals surface area contributed by atoms with E-state index >= 15 is 0 Å². The second-order valence-electron chi connectivity index (χ2n) is 5.72. The van der Waals surface area contributed by atoms with E-state index in [9.17, 15) is 0 Å². The van der Waals surface area contributed by atoms with E-state index in [0.29, 0.717) is 12.0 Å². The molecule has 0 aromatic carbocycles. The predicted molar refractivity (Wildman–Crippen MR) is 82.6 cm³/mol. The van der Waals surface area contributed by atoms with Crippen LogP contribution in [0.3, 0.4) is 0 Å². The molecule has 1 unspecified atom stereocenters. The molecule has 1 saturated carbocycles. The van der Waals surface area contributed by atoms with Gasteiger partial charge in [0.15, 0.2) is 0 Å². The number of anilines is 1. The van der Waals surface area contributed by atoms with Gasteiger partial charge >= 0.3 is 0 Å². The third kappa shape index (κ3) is 4.14. The third-order valence-electron chi connectivity index (χ3n) is 3.63. The summed E-state index contributed by atoms with van der Waals surface area (Å²) in [6.45, 7) is 7.38. The fourth-order valence-electron chi connectivity index (χ4n) is 2.02. The molecule has 1 N–H and O–H groups in total. The number of hydrogen-bond donors (Lipinski definition) is 1. The van der Waals surface area contributed by atoms with Crippen LogP contribution < -0.4 is 5.32 Å². The molecule has 0 saturated heterocycles. The topological polar surface area (TPSA) is 41.1 Å². The number of rotatable bonds is 6. The maximum Gasteiger partial charge on any atom is 0.134 e. The lowest BCUT2D eigenvalue weighted by Crippen LogP contribution is -2.36. The summed E-state index contributed by atoms with van der Waals surface area (Å²) in [5, 5.41) is 3.42. The standard InChI is InChI=1S/C14H23BrN4/c1-9(2)14-17-12(15)7-13(18-14)16-8-10(3)19(4)11-5-6-11/h7,9-11H,5-6,8H2,1-4H3,(H,16,17,18). The van der Waals surface area contributed by atoms with Gasteiger partial charge in [0.05, 0.1) is 0 Å². The zero-order valence-electron chi connectivity index (χ0n) is 12.2. The molecule has 0 spiro atoms. The Hall–Kier alpha value is -0.680. The highest BCUT2D eigenvalue weighted by Gasteiger charge is 2.28. The molecule has 0 amide bonds. The molecular weight excluding hydrogens is 304 g/mol. The number of likely N-dealkylation sites (N-methyl/N-ethyl adjacent to an activating group) is 1. The lowest BCUT2D eigenvalue weighted by Gasteiger charge is -2.25. The normalized spacial score (nSPS) is 17.0. The van der Waals surface area contributed by atoms with Gasteiger partial charge in [-0.25, -0.2) is 9.97 Å². The minimum Gasteiger partial charge on any atom is -0.368 e. The summed E-state index contributed by atoms with van der Waals surface area (Å²) in [6.07, 6.45) is 2.69. The number of halogens is 1. The summed E-state index contributed by atoms with van der Waals surface area (Å²) in [4.78, 5) is 11.4. The van der Waals surface area contributed by atoms with Crippen molar-refractivity contribution in [1.82, 2.24) is 14.9 Å². The van der Waals surface area contributed by atoms with E-state index in [1.54, 1.807) is 0 Å². The zero-order valence-corrected chi connectivity index (χ0v) is 13.7. The summed E-state index contributed by atoms with van der Waals surface area (Å²) < 4.78 is 0.844. The largest absolute Gasteiger partial charge is 0.368 e. The van der Waals surface area contributed by atoms with E-state index in [-0.39, 0.29) is 0 Å². The molecule has 0 radical (unpaired) electrons. The Morgan fingerprint density at radius 1 is 1.37 bits per heavy atom. The molecule has 5 heteroatoms. The van der Waals surface area contributed by atoms with Crippen LogP contribution in [0.5, 0.6) is 0 Å². The molecule has 1 aliphatic carbocycles. The summed E-state index contributed by atoms with van der Waals surface area (Å²) in [5.74, 6) is 2.12. The summed E-state index contributed by atoms with van der Waals surface area (Å²) in [5.41, 5.74) is 0. The van der Waals surface area contributed by atoms with Crippen LogP contribution in [0.15, 0.2) is 10.7 Å². The van der Waals surface area contributed by atoms with Crippen molar-refractivity contribution in [2.24, 2.45) is 0 Å². The van der Waals surface area contributed by atoms with Crippen molar-refractivity contribution in [2.75, 3.05) is 18.9 Å². The highest BCUT2D eigenvalue weighted by atomic mass is 79.9. The molecule has 1 fully saturated rings. The molecule has 4 nitrogen and oxygen atoms in total. The fourth-order valence-corrected chi connectivity index (χ4v) is 2.42. The van der Waals surface area contributed by atoms with Gasteiger partial charge in [0.25, 0.3) is 0 Å². The zero-order chi connectivity index (χ0) is 14.0. The monoisotopic (exact) mass is 326 g/mol. The maximum absolute atomic E-state index is 4.55. The molecule has 106 valence electrons. The summed E-state index contributed by atoms with van der Waals surface area (Å²) >= 11 is 3.45. The van der Waals surface area contributed by atoms with Gasteiger partial charge in [-0.15, -0.1) is 0 Å². The molecule has 19 heavy (non-hydrogen) atoms. The average Bonchev–Trinajstić information content (AvgIpc) is 3.18. The quantitative estimate of drug-likeness (QED) is 0.815. The van der Waals surface area contributed by atoms with E-state index in [1.807, 2.05) is 6.07 Å². The smallest absolute Gasteiger partial charge is 0.134 e. The Bertz CT molecular complexity index is 431. The Kier molecular flexibility index (Phi) is 4.79. The SMILES string of the molecule is CC(C)c1nc(Br)cc(NCC(C)N(C)C2CC2)n1. The van der Waals surface area contributed by atoms with E-state index < -0.39 is 0 Å². The predicted octanol–water partition coefficient (Wildman–Crippen LogP) is 3.26. The fraction of sp³-hybridized carbons (Fsp3) is 0.714. The first-order valence-corrected chi connectivity index (χ1v) is 7.77. The van der Waals surface area contributed by atoms with E-state index in [1.165, 1.54) is 12.8 Å². The Morgan fingerprint density at radius 2 is 2.05 bits per heavy atom. The lowest BCUT2D eigenvalue weighted by molar-refractivity contribution is 0.257. The van der Waals surface area contributed by atoms with Gasteiger partial charge in [0.2, 0.25) is 0 Å². The van der Waals surface area contributed by atoms with Crippen LogP contribution in [0.1, 0.15) is 45.4 Å². The Balaban J connectivity index is 1.94. The van der Waals surface area contributed by atoms with Crippen LogP contribution in [0.25, 0.3) is 0 Å². The molecular formula is C14H23BrN4. The van der Waals surface area contributed by atoms with Crippen molar-refractivity contribution < 1.29 is 0 Å². The minimum absolute atomic E-state index is 0.338. The van der Waals surface area contributed by atoms with Crippen LogP contribution >= 0.6 is 15.9 Å². The average molecular weight is 327 g/mol. The molecule has 1 aliphatic rings. The van der Waals surface area contributed by atoms with Gasteiger partial charge in [0.1, 0.15) is 16.2 Å². The lowest BCUT2D eigenvalue weighted by atomic mass is 10.2. The second-order valence-corrected chi connectivity index (χ2v) is 6.53.